The highest BCUT2D eigenvalue weighted by Gasteiger charge is 2.33. The van der Waals surface area contributed by atoms with Crippen molar-refractivity contribution in [2.75, 3.05) is 11.3 Å². The van der Waals surface area contributed by atoms with Gasteiger partial charge < -0.3 is 5.32 Å². The number of anilines is 1. The Hall–Kier alpha value is -2.28. The number of nitrogens with zero attached hydrogens (tertiary/aromatic N) is 1. The van der Waals surface area contributed by atoms with E-state index in [0.717, 1.165) is 44.2 Å². The zero-order valence-electron chi connectivity index (χ0n) is 17.7. The lowest BCUT2D eigenvalue weighted by Gasteiger charge is -2.30. The van der Waals surface area contributed by atoms with Crippen LogP contribution in [-0.2, 0) is 16.2 Å². The SMILES string of the molecule is CC(C)S(=O)(=O)Nc1ccc(C(F)(F)F)cc1C(=O)NCCCC1(C#N)CCCCC1. The van der Waals surface area contributed by atoms with Crippen LogP contribution in [0.15, 0.2) is 18.2 Å². The molecule has 31 heavy (non-hydrogen) atoms. The first-order valence-electron chi connectivity index (χ1n) is 10.3. The van der Waals surface area contributed by atoms with E-state index in [0.29, 0.717) is 18.9 Å². The maximum Gasteiger partial charge on any atom is 0.416 e. The number of carbonyl (C=O) groups is 1. The number of sulfonamides is 1. The molecular formula is C21H28F3N3O3S. The summed E-state index contributed by atoms with van der Waals surface area (Å²) < 4.78 is 65.9. The van der Waals surface area contributed by atoms with Crippen molar-refractivity contribution in [2.24, 2.45) is 5.41 Å². The van der Waals surface area contributed by atoms with Gasteiger partial charge in [0.2, 0.25) is 10.0 Å². The highest BCUT2D eigenvalue weighted by atomic mass is 32.2. The van der Waals surface area contributed by atoms with Gasteiger partial charge in [-0.2, -0.15) is 18.4 Å². The van der Waals surface area contributed by atoms with Crippen molar-refractivity contribution >= 4 is 21.6 Å². The first-order valence-corrected chi connectivity index (χ1v) is 11.9. The van der Waals surface area contributed by atoms with Crippen molar-refractivity contribution in [3.8, 4) is 6.07 Å². The number of amides is 1. The van der Waals surface area contributed by atoms with E-state index in [1.54, 1.807) is 0 Å². The predicted octanol–water partition coefficient (Wildman–Crippen LogP) is 4.84. The van der Waals surface area contributed by atoms with Gasteiger partial charge in [0.05, 0.1) is 33.5 Å². The lowest BCUT2D eigenvalue weighted by Crippen LogP contribution is -2.29. The Morgan fingerprint density at radius 3 is 2.42 bits per heavy atom. The summed E-state index contributed by atoms with van der Waals surface area (Å²) in [5, 5.41) is 11.2. The molecule has 0 unspecified atom stereocenters. The fourth-order valence-corrected chi connectivity index (χ4v) is 4.36. The van der Waals surface area contributed by atoms with Crippen molar-refractivity contribution in [1.82, 2.24) is 5.32 Å². The van der Waals surface area contributed by atoms with E-state index >= 15 is 0 Å². The molecule has 0 heterocycles. The van der Waals surface area contributed by atoms with Crippen molar-refractivity contribution in [3.63, 3.8) is 0 Å². The lowest BCUT2D eigenvalue weighted by atomic mass is 9.72. The van der Waals surface area contributed by atoms with Gasteiger partial charge in [0.25, 0.3) is 5.91 Å². The van der Waals surface area contributed by atoms with Gasteiger partial charge in [-0.3, -0.25) is 9.52 Å². The lowest BCUT2D eigenvalue weighted by molar-refractivity contribution is -0.137. The Labute approximate surface area is 181 Å². The maximum absolute atomic E-state index is 13.1. The number of rotatable bonds is 8. The van der Waals surface area contributed by atoms with E-state index in [1.807, 2.05) is 0 Å². The van der Waals surface area contributed by atoms with Crippen LogP contribution < -0.4 is 10.0 Å². The molecule has 1 saturated carbocycles. The smallest absolute Gasteiger partial charge is 0.352 e. The molecule has 10 heteroatoms. The van der Waals surface area contributed by atoms with E-state index in [-0.39, 0.29) is 12.2 Å². The third-order valence-electron chi connectivity index (χ3n) is 5.63. The molecule has 172 valence electrons. The predicted molar refractivity (Wildman–Crippen MR) is 112 cm³/mol. The van der Waals surface area contributed by atoms with E-state index < -0.39 is 43.9 Å². The quantitative estimate of drug-likeness (QED) is 0.544. The van der Waals surface area contributed by atoms with Crippen LogP contribution in [0.3, 0.4) is 0 Å². The number of hydrogen-bond donors (Lipinski definition) is 2. The summed E-state index contributed by atoms with van der Waals surface area (Å²) in [4.78, 5) is 12.6. The number of halogens is 3. The molecule has 0 atom stereocenters. The van der Waals surface area contributed by atoms with Gasteiger partial charge in [0.1, 0.15) is 0 Å². The van der Waals surface area contributed by atoms with Crippen molar-refractivity contribution in [2.45, 2.75) is 70.2 Å². The Kier molecular flexibility index (Phi) is 7.98. The van der Waals surface area contributed by atoms with Gasteiger partial charge in [-0.1, -0.05) is 19.3 Å². The first-order chi connectivity index (χ1) is 14.4. The summed E-state index contributed by atoms with van der Waals surface area (Å²) in [5.74, 6) is -0.804. The van der Waals surface area contributed by atoms with Gasteiger partial charge in [-0.25, -0.2) is 8.42 Å². The summed E-state index contributed by atoms with van der Waals surface area (Å²) in [6, 6.07) is 4.72. The van der Waals surface area contributed by atoms with Crippen LogP contribution in [0.25, 0.3) is 0 Å². The monoisotopic (exact) mass is 459 g/mol. The van der Waals surface area contributed by atoms with E-state index in [4.69, 9.17) is 0 Å². The summed E-state index contributed by atoms with van der Waals surface area (Å²) in [7, 11) is -3.85. The second-order valence-corrected chi connectivity index (χ2v) is 10.5. The average Bonchev–Trinajstić information content (AvgIpc) is 2.71. The number of benzene rings is 1. The summed E-state index contributed by atoms with van der Waals surface area (Å²) in [5.41, 5.74) is -2.06. The molecule has 0 spiro atoms. The van der Waals surface area contributed by atoms with Gasteiger partial charge in [-0.05, 0) is 57.7 Å². The fourth-order valence-electron chi connectivity index (χ4n) is 3.64. The number of hydrogen-bond acceptors (Lipinski definition) is 4. The molecule has 0 radical (unpaired) electrons. The van der Waals surface area contributed by atoms with Crippen molar-refractivity contribution in [1.29, 1.82) is 5.26 Å². The van der Waals surface area contributed by atoms with E-state index in [2.05, 4.69) is 16.1 Å². The van der Waals surface area contributed by atoms with Crippen LogP contribution in [0, 0.1) is 16.7 Å². The van der Waals surface area contributed by atoms with Crippen LogP contribution in [0.4, 0.5) is 18.9 Å². The normalized spacial score (nSPS) is 16.5. The van der Waals surface area contributed by atoms with Gasteiger partial charge in [0, 0.05) is 6.54 Å². The highest BCUT2D eigenvalue weighted by molar-refractivity contribution is 7.93. The Morgan fingerprint density at radius 2 is 1.87 bits per heavy atom. The zero-order valence-corrected chi connectivity index (χ0v) is 18.5. The van der Waals surface area contributed by atoms with Crippen molar-refractivity contribution in [3.05, 3.63) is 29.3 Å². The average molecular weight is 460 g/mol. The highest BCUT2D eigenvalue weighted by Crippen LogP contribution is 2.39. The summed E-state index contributed by atoms with van der Waals surface area (Å²) in [6.45, 7) is 3.01. The van der Waals surface area contributed by atoms with Crippen molar-refractivity contribution < 1.29 is 26.4 Å². The fraction of sp³-hybridized carbons (Fsp3) is 0.619. The molecule has 1 aromatic rings. The standard InChI is InChI=1S/C21H28F3N3O3S/c1-15(2)31(29,30)27-18-8-7-16(21(22,23)24)13-17(18)19(28)26-12-6-11-20(14-25)9-4-3-5-10-20/h7-8,13,15,27H,3-6,9-12H2,1-2H3,(H,26,28). The Morgan fingerprint density at radius 1 is 1.23 bits per heavy atom. The summed E-state index contributed by atoms with van der Waals surface area (Å²) in [6.07, 6.45) is 1.13. The zero-order chi connectivity index (χ0) is 23.3. The molecule has 0 bridgehead atoms. The molecule has 0 aromatic heterocycles. The van der Waals surface area contributed by atoms with E-state index in [9.17, 15) is 31.6 Å². The minimum Gasteiger partial charge on any atom is -0.352 e. The molecular weight excluding hydrogens is 431 g/mol. The molecule has 1 aliphatic rings. The molecule has 0 aliphatic heterocycles. The first kappa shape index (κ1) is 25.0. The van der Waals surface area contributed by atoms with Gasteiger partial charge in [-0.15, -0.1) is 0 Å². The number of carbonyl (C=O) groups excluding carboxylic acids is 1. The van der Waals surface area contributed by atoms with Gasteiger partial charge >= 0.3 is 6.18 Å². The topological polar surface area (TPSA) is 99.1 Å². The summed E-state index contributed by atoms with van der Waals surface area (Å²) >= 11 is 0. The molecule has 2 N–H and O–H groups in total. The second kappa shape index (κ2) is 9.90. The number of nitrogens with one attached hydrogen (secondary N) is 2. The van der Waals surface area contributed by atoms with Crippen LogP contribution >= 0.6 is 0 Å². The van der Waals surface area contributed by atoms with Crippen LogP contribution in [0.2, 0.25) is 0 Å². The Bertz CT molecular complexity index is 931. The molecule has 1 aromatic carbocycles. The third-order valence-corrected chi connectivity index (χ3v) is 7.38. The maximum atomic E-state index is 13.1. The number of alkyl halides is 3. The third kappa shape index (κ3) is 6.60. The molecule has 0 saturated heterocycles. The number of nitriles is 1. The van der Waals surface area contributed by atoms with Crippen LogP contribution in [0.1, 0.15) is 74.7 Å². The molecule has 1 aliphatic carbocycles. The van der Waals surface area contributed by atoms with E-state index in [1.165, 1.54) is 13.8 Å². The molecule has 1 amide bonds. The van der Waals surface area contributed by atoms with Gasteiger partial charge in [0.15, 0.2) is 0 Å². The minimum absolute atomic E-state index is 0.175. The second-order valence-electron chi connectivity index (χ2n) is 8.27. The van der Waals surface area contributed by atoms with Crippen LogP contribution in [-0.4, -0.2) is 26.1 Å². The minimum atomic E-state index is -4.68. The Balaban J connectivity index is 2.14. The molecule has 6 nitrogen and oxygen atoms in total. The largest absolute Gasteiger partial charge is 0.416 e. The molecule has 1 fully saturated rings. The van der Waals surface area contributed by atoms with Crippen LogP contribution in [0.5, 0.6) is 0 Å². The molecule has 2 rings (SSSR count).